The number of nitrogens with one attached hydrogen (secondary N) is 2. The van der Waals surface area contributed by atoms with Crippen molar-refractivity contribution >= 4 is 11.9 Å². The van der Waals surface area contributed by atoms with E-state index in [9.17, 15) is 4.79 Å². The molecular formula is C17H33N5O. The number of carbonyl (C=O) groups excluding carboxylic acids is 1. The molecule has 2 aliphatic rings. The van der Waals surface area contributed by atoms with Crippen molar-refractivity contribution < 1.29 is 4.79 Å². The van der Waals surface area contributed by atoms with Crippen LogP contribution < -0.4 is 10.6 Å². The monoisotopic (exact) mass is 323 g/mol. The molecule has 0 aromatic rings. The maximum absolute atomic E-state index is 11.7. The number of hydrogen-bond donors (Lipinski definition) is 2. The molecule has 2 rings (SSSR count). The lowest BCUT2D eigenvalue weighted by molar-refractivity contribution is -0.129. The van der Waals surface area contributed by atoms with Gasteiger partial charge < -0.3 is 20.4 Å². The number of nitrogens with zero attached hydrogens (tertiary/aromatic N) is 3. The molecule has 6 nitrogen and oxygen atoms in total. The quantitative estimate of drug-likeness (QED) is 0.563. The largest absolute Gasteiger partial charge is 0.356 e. The third-order valence-corrected chi connectivity index (χ3v) is 4.79. The van der Waals surface area contributed by atoms with E-state index < -0.39 is 0 Å². The van der Waals surface area contributed by atoms with Crippen molar-refractivity contribution in [3.05, 3.63) is 0 Å². The zero-order valence-corrected chi connectivity index (χ0v) is 15.0. The number of carbonyl (C=O) groups is 1. The van der Waals surface area contributed by atoms with E-state index >= 15 is 0 Å². The molecule has 2 N–H and O–H groups in total. The molecule has 2 aliphatic heterocycles. The van der Waals surface area contributed by atoms with Gasteiger partial charge in [-0.2, -0.15) is 0 Å². The van der Waals surface area contributed by atoms with Crippen LogP contribution in [0.4, 0.5) is 0 Å². The van der Waals surface area contributed by atoms with Gasteiger partial charge in [-0.15, -0.1) is 0 Å². The van der Waals surface area contributed by atoms with Crippen LogP contribution in [0.1, 0.15) is 39.5 Å². The Morgan fingerprint density at radius 2 is 2.04 bits per heavy atom. The van der Waals surface area contributed by atoms with E-state index in [1.807, 2.05) is 18.9 Å². The van der Waals surface area contributed by atoms with Gasteiger partial charge in [0.25, 0.3) is 0 Å². The second kappa shape index (κ2) is 9.11. The Labute approximate surface area is 140 Å². The molecule has 0 saturated carbocycles. The van der Waals surface area contributed by atoms with E-state index in [2.05, 4.69) is 27.4 Å². The first-order chi connectivity index (χ1) is 11.1. The standard InChI is InChI=1S/C17H33N5O/c1-4-16(23)22-10-7-15(13-22)20-17(18-3)19-11-14(2)12-21-8-5-6-9-21/h14-15H,4-13H2,1-3H3,(H2,18,19,20). The smallest absolute Gasteiger partial charge is 0.222 e. The second-order valence-electron chi connectivity index (χ2n) is 6.89. The Balaban J connectivity index is 1.68. The van der Waals surface area contributed by atoms with Crippen LogP contribution in [0.25, 0.3) is 0 Å². The highest BCUT2D eigenvalue weighted by atomic mass is 16.2. The van der Waals surface area contributed by atoms with Crippen molar-refractivity contribution in [1.29, 1.82) is 0 Å². The van der Waals surface area contributed by atoms with Crippen LogP contribution in [-0.4, -0.2) is 74.0 Å². The van der Waals surface area contributed by atoms with Gasteiger partial charge in [0.2, 0.25) is 5.91 Å². The number of aliphatic imine (C=N–C) groups is 1. The molecule has 1 amide bonds. The fourth-order valence-electron chi connectivity index (χ4n) is 3.46. The third kappa shape index (κ3) is 5.68. The molecule has 2 heterocycles. The Morgan fingerprint density at radius 1 is 1.30 bits per heavy atom. The molecular weight excluding hydrogens is 290 g/mol. The van der Waals surface area contributed by atoms with Gasteiger partial charge in [-0.3, -0.25) is 9.79 Å². The van der Waals surface area contributed by atoms with E-state index in [4.69, 9.17) is 0 Å². The molecule has 0 radical (unpaired) electrons. The Morgan fingerprint density at radius 3 is 2.70 bits per heavy atom. The predicted octanol–water partition coefficient (Wildman–Crippen LogP) is 0.894. The first-order valence-corrected chi connectivity index (χ1v) is 9.09. The van der Waals surface area contributed by atoms with Gasteiger partial charge in [0, 0.05) is 45.7 Å². The molecule has 0 aromatic heterocycles. The molecule has 132 valence electrons. The molecule has 0 bridgehead atoms. The summed E-state index contributed by atoms with van der Waals surface area (Å²) in [6, 6.07) is 0.311. The maximum Gasteiger partial charge on any atom is 0.222 e. The fraction of sp³-hybridized carbons (Fsp3) is 0.882. The van der Waals surface area contributed by atoms with Crippen LogP contribution in [-0.2, 0) is 4.79 Å². The van der Waals surface area contributed by atoms with Crippen LogP contribution in [0.15, 0.2) is 4.99 Å². The van der Waals surface area contributed by atoms with Crippen molar-refractivity contribution in [3.63, 3.8) is 0 Å². The molecule has 0 spiro atoms. The third-order valence-electron chi connectivity index (χ3n) is 4.79. The molecule has 2 fully saturated rings. The Kier molecular flexibility index (Phi) is 7.15. The van der Waals surface area contributed by atoms with E-state index in [0.717, 1.165) is 38.6 Å². The lowest BCUT2D eigenvalue weighted by atomic mass is 10.1. The van der Waals surface area contributed by atoms with E-state index in [1.165, 1.54) is 25.9 Å². The summed E-state index contributed by atoms with van der Waals surface area (Å²) >= 11 is 0. The van der Waals surface area contributed by atoms with E-state index in [-0.39, 0.29) is 5.91 Å². The topological polar surface area (TPSA) is 60.0 Å². The van der Waals surface area contributed by atoms with Crippen LogP contribution >= 0.6 is 0 Å². The Bertz CT molecular complexity index is 406. The highest BCUT2D eigenvalue weighted by Crippen LogP contribution is 2.11. The Hall–Kier alpha value is -1.30. The molecule has 6 heteroatoms. The predicted molar refractivity (Wildman–Crippen MR) is 94.6 cm³/mol. The van der Waals surface area contributed by atoms with Crippen LogP contribution in [0.2, 0.25) is 0 Å². The van der Waals surface area contributed by atoms with Gasteiger partial charge in [0.1, 0.15) is 0 Å². The summed E-state index contributed by atoms with van der Waals surface area (Å²) in [5.74, 6) is 1.71. The van der Waals surface area contributed by atoms with Crippen molar-refractivity contribution in [2.75, 3.05) is 46.3 Å². The summed E-state index contributed by atoms with van der Waals surface area (Å²) in [6.07, 6.45) is 4.28. The summed E-state index contributed by atoms with van der Waals surface area (Å²) < 4.78 is 0. The fourth-order valence-corrected chi connectivity index (χ4v) is 3.46. The van der Waals surface area contributed by atoms with Crippen molar-refractivity contribution in [3.8, 4) is 0 Å². The number of rotatable bonds is 6. The van der Waals surface area contributed by atoms with Crippen molar-refractivity contribution in [2.24, 2.45) is 10.9 Å². The van der Waals surface area contributed by atoms with E-state index in [1.54, 1.807) is 0 Å². The minimum absolute atomic E-state index is 0.247. The number of hydrogen-bond acceptors (Lipinski definition) is 3. The van der Waals surface area contributed by atoms with E-state index in [0.29, 0.717) is 18.4 Å². The zero-order valence-electron chi connectivity index (χ0n) is 15.0. The summed E-state index contributed by atoms with van der Waals surface area (Å²) in [5.41, 5.74) is 0. The first-order valence-electron chi connectivity index (χ1n) is 9.09. The minimum atomic E-state index is 0.247. The zero-order chi connectivity index (χ0) is 16.7. The van der Waals surface area contributed by atoms with Gasteiger partial charge in [-0.25, -0.2) is 0 Å². The van der Waals surface area contributed by atoms with Crippen LogP contribution in [0.3, 0.4) is 0 Å². The molecule has 23 heavy (non-hydrogen) atoms. The molecule has 0 aliphatic carbocycles. The highest BCUT2D eigenvalue weighted by Gasteiger charge is 2.25. The molecule has 2 saturated heterocycles. The van der Waals surface area contributed by atoms with Crippen molar-refractivity contribution in [2.45, 2.75) is 45.6 Å². The average molecular weight is 323 g/mol. The lowest BCUT2D eigenvalue weighted by Crippen LogP contribution is -2.46. The summed E-state index contributed by atoms with van der Waals surface area (Å²) in [6.45, 7) is 10.4. The molecule has 0 aromatic carbocycles. The number of guanidine groups is 1. The average Bonchev–Trinajstić information content (AvgIpc) is 3.22. The summed E-state index contributed by atoms with van der Waals surface area (Å²) in [4.78, 5) is 20.6. The first kappa shape index (κ1) is 18.0. The van der Waals surface area contributed by atoms with Crippen LogP contribution in [0, 0.1) is 5.92 Å². The van der Waals surface area contributed by atoms with Gasteiger partial charge in [-0.1, -0.05) is 13.8 Å². The summed E-state index contributed by atoms with van der Waals surface area (Å²) in [7, 11) is 1.81. The highest BCUT2D eigenvalue weighted by molar-refractivity contribution is 5.80. The van der Waals surface area contributed by atoms with Gasteiger partial charge >= 0.3 is 0 Å². The van der Waals surface area contributed by atoms with Crippen molar-refractivity contribution in [1.82, 2.24) is 20.4 Å². The molecule has 2 atom stereocenters. The minimum Gasteiger partial charge on any atom is -0.356 e. The number of amides is 1. The van der Waals surface area contributed by atoms with Gasteiger partial charge in [0.15, 0.2) is 5.96 Å². The second-order valence-corrected chi connectivity index (χ2v) is 6.89. The SMILES string of the molecule is CCC(=O)N1CCC(NC(=NC)NCC(C)CN2CCCC2)C1. The normalized spacial score (nSPS) is 24.0. The van der Waals surface area contributed by atoms with Gasteiger partial charge in [0.05, 0.1) is 0 Å². The molecule has 2 unspecified atom stereocenters. The summed E-state index contributed by atoms with van der Waals surface area (Å²) in [5, 5.41) is 6.89. The lowest BCUT2D eigenvalue weighted by Gasteiger charge is -2.23. The van der Waals surface area contributed by atoms with Crippen LogP contribution in [0.5, 0.6) is 0 Å². The maximum atomic E-state index is 11.7. The number of likely N-dealkylation sites (tertiary alicyclic amines) is 2. The van der Waals surface area contributed by atoms with Gasteiger partial charge in [-0.05, 0) is 38.3 Å².